The van der Waals surface area contributed by atoms with Crippen molar-refractivity contribution in [3.05, 3.63) is 59.7 Å². The van der Waals surface area contributed by atoms with Gasteiger partial charge in [-0.15, -0.1) is 0 Å². The molecule has 0 spiro atoms. The molecule has 1 aliphatic heterocycles. The highest BCUT2D eigenvalue weighted by atomic mass is 16.5. The van der Waals surface area contributed by atoms with E-state index in [0.29, 0.717) is 24.3 Å². The molecule has 7 heteroatoms. The zero-order valence-corrected chi connectivity index (χ0v) is 16.6. The van der Waals surface area contributed by atoms with E-state index >= 15 is 0 Å². The highest BCUT2D eigenvalue weighted by molar-refractivity contribution is 6.39. The van der Waals surface area contributed by atoms with Gasteiger partial charge in [-0.25, -0.2) is 0 Å². The molecule has 29 heavy (non-hydrogen) atoms. The topological polar surface area (TPSA) is 87.7 Å². The number of anilines is 2. The number of aryl methyl sites for hydroxylation is 1. The molecule has 7 nitrogen and oxygen atoms in total. The zero-order valence-electron chi connectivity index (χ0n) is 16.6. The third-order valence-electron chi connectivity index (χ3n) is 4.96. The third kappa shape index (κ3) is 5.00. The Balaban J connectivity index is 1.59. The highest BCUT2D eigenvalue weighted by Gasteiger charge is 2.22. The lowest BCUT2D eigenvalue weighted by atomic mass is 10.0. The second kappa shape index (κ2) is 9.34. The number of rotatable bonds is 6. The van der Waals surface area contributed by atoms with Gasteiger partial charge in [0.15, 0.2) is 0 Å². The summed E-state index contributed by atoms with van der Waals surface area (Å²) in [5, 5.41) is 5.20. The van der Waals surface area contributed by atoms with Gasteiger partial charge in [0.1, 0.15) is 0 Å². The van der Waals surface area contributed by atoms with Crippen molar-refractivity contribution >= 4 is 29.1 Å². The maximum Gasteiger partial charge on any atom is 0.313 e. The summed E-state index contributed by atoms with van der Waals surface area (Å²) in [5.41, 5.74) is 3.18. The Labute approximate surface area is 170 Å². The van der Waals surface area contributed by atoms with E-state index in [-0.39, 0.29) is 18.6 Å². The van der Waals surface area contributed by atoms with Crippen molar-refractivity contribution in [1.82, 2.24) is 5.32 Å². The van der Waals surface area contributed by atoms with Crippen molar-refractivity contribution in [2.24, 2.45) is 0 Å². The zero-order chi connectivity index (χ0) is 20.8. The van der Waals surface area contributed by atoms with Gasteiger partial charge in [-0.3, -0.25) is 14.4 Å². The molecular formula is C22H25N3O4. The first kappa shape index (κ1) is 20.5. The fourth-order valence-electron chi connectivity index (χ4n) is 3.39. The molecule has 1 atom stereocenters. The number of nitrogens with one attached hydrogen (secondary N) is 2. The second-order valence-electron chi connectivity index (χ2n) is 6.94. The van der Waals surface area contributed by atoms with Crippen LogP contribution in [0.3, 0.4) is 0 Å². The molecule has 1 unspecified atom stereocenters. The molecule has 3 rings (SSSR count). The molecule has 2 aromatic carbocycles. The lowest BCUT2D eigenvalue weighted by Crippen LogP contribution is -2.38. The molecule has 3 amide bonds. The van der Waals surface area contributed by atoms with Gasteiger partial charge in [0, 0.05) is 38.0 Å². The molecule has 0 radical (unpaired) electrons. The van der Waals surface area contributed by atoms with Crippen molar-refractivity contribution in [3.63, 3.8) is 0 Å². The van der Waals surface area contributed by atoms with E-state index in [1.165, 1.54) is 0 Å². The minimum absolute atomic E-state index is 0.0630. The predicted molar refractivity (Wildman–Crippen MR) is 111 cm³/mol. The Hall–Kier alpha value is -3.19. The fourth-order valence-corrected chi connectivity index (χ4v) is 3.39. The van der Waals surface area contributed by atoms with E-state index in [0.717, 1.165) is 17.5 Å². The van der Waals surface area contributed by atoms with Crippen LogP contribution in [-0.4, -0.2) is 37.9 Å². The third-order valence-corrected chi connectivity index (χ3v) is 4.96. The van der Waals surface area contributed by atoms with E-state index in [9.17, 15) is 14.4 Å². The summed E-state index contributed by atoms with van der Waals surface area (Å²) in [6.07, 6.45) is 0.998. The SMILES string of the molecule is COC(CNC(=O)C(=O)Nc1cccc(N2CCCC2=O)c1)c1ccccc1C. The Morgan fingerprint density at radius 2 is 1.93 bits per heavy atom. The van der Waals surface area contributed by atoms with E-state index in [1.807, 2.05) is 37.3 Å². The van der Waals surface area contributed by atoms with Crippen LogP contribution in [0.5, 0.6) is 0 Å². The van der Waals surface area contributed by atoms with Crippen molar-refractivity contribution in [3.8, 4) is 0 Å². The van der Waals surface area contributed by atoms with Crippen LogP contribution in [-0.2, 0) is 19.1 Å². The van der Waals surface area contributed by atoms with E-state index in [4.69, 9.17) is 4.74 Å². The summed E-state index contributed by atoms with van der Waals surface area (Å²) < 4.78 is 5.46. The molecule has 152 valence electrons. The van der Waals surface area contributed by atoms with Crippen molar-refractivity contribution in [2.45, 2.75) is 25.9 Å². The molecule has 2 aromatic rings. The molecular weight excluding hydrogens is 370 g/mol. The molecule has 0 aliphatic carbocycles. The number of methoxy groups -OCH3 is 1. The van der Waals surface area contributed by atoms with Crippen LogP contribution in [0.15, 0.2) is 48.5 Å². The smallest absolute Gasteiger partial charge is 0.313 e. The number of amides is 3. The van der Waals surface area contributed by atoms with Gasteiger partial charge in [0.2, 0.25) is 5.91 Å². The molecule has 1 fully saturated rings. The second-order valence-corrected chi connectivity index (χ2v) is 6.94. The van der Waals surface area contributed by atoms with E-state index in [1.54, 1.807) is 30.2 Å². The first-order chi connectivity index (χ1) is 14.0. The van der Waals surface area contributed by atoms with Gasteiger partial charge in [-0.05, 0) is 42.7 Å². The van der Waals surface area contributed by atoms with Gasteiger partial charge in [-0.2, -0.15) is 0 Å². The number of hydrogen-bond donors (Lipinski definition) is 2. The number of carbonyl (C=O) groups excluding carboxylic acids is 3. The quantitative estimate of drug-likeness (QED) is 0.736. The number of ether oxygens (including phenoxy) is 1. The summed E-state index contributed by atoms with van der Waals surface area (Å²) in [6, 6.07) is 14.7. The maximum absolute atomic E-state index is 12.3. The Morgan fingerprint density at radius 1 is 1.14 bits per heavy atom. The van der Waals surface area contributed by atoms with Crippen molar-refractivity contribution in [2.75, 3.05) is 30.4 Å². The summed E-state index contributed by atoms with van der Waals surface area (Å²) in [6.45, 7) is 2.80. The first-order valence-corrected chi connectivity index (χ1v) is 9.57. The van der Waals surface area contributed by atoms with Crippen molar-refractivity contribution < 1.29 is 19.1 Å². The van der Waals surface area contributed by atoms with Crippen LogP contribution in [0.25, 0.3) is 0 Å². The lowest BCUT2D eigenvalue weighted by molar-refractivity contribution is -0.136. The standard InChI is InChI=1S/C22H25N3O4/c1-15-7-3-4-10-18(15)19(29-2)14-23-21(27)22(28)24-16-8-5-9-17(13-16)25-12-6-11-20(25)26/h3-5,7-10,13,19H,6,11-12,14H2,1-2H3,(H,23,27)(H,24,28). The predicted octanol–water partition coefficient (Wildman–Crippen LogP) is 2.56. The van der Waals surface area contributed by atoms with Crippen LogP contribution in [0.2, 0.25) is 0 Å². The largest absolute Gasteiger partial charge is 0.375 e. The normalized spacial score (nSPS) is 14.6. The first-order valence-electron chi connectivity index (χ1n) is 9.57. The molecule has 1 aliphatic rings. The number of nitrogens with zero attached hydrogens (tertiary/aromatic N) is 1. The van der Waals surface area contributed by atoms with Crippen LogP contribution in [0.1, 0.15) is 30.1 Å². The average Bonchev–Trinajstić information content (AvgIpc) is 3.15. The van der Waals surface area contributed by atoms with E-state index in [2.05, 4.69) is 10.6 Å². The Kier molecular flexibility index (Phi) is 6.61. The summed E-state index contributed by atoms with van der Waals surface area (Å²) in [7, 11) is 1.56. The van der Waals surface area contributed by atoms with Gasteiger partial charge in [0.05, 0.1) is 6.10 Å². The van der Waals surface area contributed by atoms with Gasteiger partial charge in [-0.1, -0.05) is 30.3 Å². The Morgan fingerprint density at radius 3 is 2.62 bits per heavy atom. The number of benzene rings is 2. The monoisotopic (exact) mass is 395 g/mol. The summed E-state index contributed by atoms with van der Waals surface area (Å²) in [4.78, 5) is 38.1. The van der Waals surface area contributed by atoms with Crippen LogP contribution in [0.4, 0.5) is 11.4 Å². The lowest BCUT2D eigenvalue weighted by Gasteiger charge is -2.18. The van der Waals surface area contributed by atoms with Crippen molar-refractivity contribution in [1.29, 1.82) is 0 Å². The summed E-state index contributed by atoms with van der Waals surface area (Å²) in [5.74, 6) is -1.45. The average molecular weight is 395 g/mol. The molecule has 1 saturated heterocycles. The minimum atomic E-state index is -0.769. The molecule has 0 aromatic heterocycles. The Bertz CT molecular complexity index is 912. The molecule has 0 saturated carbocycles. The molecule has 0 bridgehead atoms. The van der Waals surface area contributed by atoms with Crippen LogP contribution < -0.4 is 15.5 Å². The maximum atomic E-state index is 12.3. The van der Waals surface area contributed by atoms with Gasteiger partial charge >= 0.3 is 11.8 Å². The van der Waals surface area contributed by atoms with Gasteiger partial charge < -0.3 is 20.3 Å². The van der Waals surface area contributed by atoms with Gasteiger partial charge in [0.25, 0.3) is 0 Å². The number of hydrogen-bond acceptors (Lipinski definition) is 4. The molecule has 2 N–H and O–H groups in total. The number of carbonyl (C=O) groups is 3. The van der Waals surface area contributed by atoms with E-state index < -0.39 is 11.8 Å². The van der Waals surface area contributed by atoms with Crippen LogP contribution >= 0.6 is 0 Å². The fraction of sp³-hybridized carbons (Fsp3) is 0.318. The highest BCUT2D eigenvalue weighted by Crippen LogP contribution is 2.24. The summed E-state index contributed by atoms with van der Waals surface area (Å²) >= 11 is 0. The molecule has 1 heterocycles. The van der Waals surface area contributed by atoms with Crippen LogP contribution in [0, 0.1) is 6.92 Å². The minimum Gasteiger partial charge on any atom is -0.375 e.